The molecule has 0 aliphatic carbocycles. The van der Waals surface area contributed by atoms with Gasteiger partial charge in [0.15, 0.2) is 6.10 Å². The molecular weight excluding hydrogens is 652 g/mol. The number of ether oxygens (including phenoxy) is 2. The number of aryl methyl sites for hydroxylation is 2. The van der Waals surface area contributed by atoms with Gasteiger partial charge in [-0.1, -0.05) is 30.3 Å². The molecule has 4 aliphatic heterocycles. The summed E-state index contributed by atoms with van der Waals surface area (Å²) in [5.41, 5.74) is 4.17. The van der Waals surface area contributed by atoms with Gasteiger partial charge in [-0.05, 0) is 74.8 Å². The van der Waals surface area contributed by atoms with E-state index >= 15 is 0 Å². The van der Waals surface area contributed by atoms with Crippen molar-refractivity contribution in [1.82, 2.24) is 24.5 Å². The van der Waals surface area contributed by atoms with E-state index in [1.54, 1.807) is 9.80 Å². The van der Waals surface area contributed by atoms with Crippen LogP contribution in [0.5, 0.6) is 5.75 Å². The maximum absolute atomic E-state index is 14.1. The van der Waals surface area contributed by atoms with Crippen molar-refractivity contribution < 1.29 is 33.8 Å². The van der Waals surface area contributed by atoms with Crippen LogP contribution in [0.4, 0.5) is 15.3 Å². The number of nitrogens with zero attached hydrogens (tertiary/aromatic N) is 5. The lowest BCUT2D eigenvalue weighted by Crippen LogP contribution is -2.55. The fourth-order valence-corrected chi connectivity index (χ4v) is 8.01. The predicted octanol–water partition coefficient (Wildman–Crippen LogP) is 3.39. The lowest BCUT2D eigenvalue weighted by Gasteiger charge is -2.40. The van der Waals surface area contributed by atoms with Crippen molar-refractivity contribution in [1.29, 1.82) is 0 Å². The molecule has 51 heavy (non-hydrogen) atoms. The second-order valence-corrected chi connectivity index (χ2v) is 14.2. The molecular formula is C38H52N6O7. The number of piperazine rings is 1. The largest absolute Gasteiger partial charge is 0.507 e. The van der Waals surface area contributed by atoms with Crippen LogP contribution in [0.2, 0.25) is 0 Å². The van der Waals surface area contributed by atoms with Crippen LogP contribution in [0.15, 0.2) is 36.4 Å². The Morgan fingerprint density at radius 3 is 2.29 bits per heavy atom. The first kappa shape index (κ1) is 36.4. The number of esters is 1. The van der Waals surface area contributed by atoms with Gasteiger partial charge in [0.25, 0.3) is 5.91 Å². The molecule has 0 saturated carbocycles. The molecule has 6 rings (SSSR count). The number of amides is 4. The number of rotatable bonds is 9. The van der Waals surface area contributed by atoms with Gasteiger partial charge in [0.1, 0.15) is 5.75 Å². The molecule has 276 valence electrons. The Hall–Kier alpha value is -4.36. The maximum Gasteiger partial charge on any atom is 0.410 e. The van der Waals surface area contributed by atoms with Gasteiger partial charge in [-0.3, -0.25) is 19.4 Å². The van der Waals surface area contributed by atoms with Gasteiger partial charge in [-0.2, -0.15) is 0 Å². The summed E-state index contributed by atoms with van der Waals surface area (Å²) in [6, 6.07) is 11.7. The number of piperidine rings is 1. The van der Waals surface area contributed by atoms with Crippen molar-refractivity contribution in [2.75, 3.05) is 77.4 Å². The molecule has 2 N–H and O–H groups in total. The number of nitrogens with one attached hydrogen (secondary N) is 1. The molecule has 3 saturated heterocycles. The highest BCUT2D eigenvalue weighted by Gasteiger charge is 2.37. The van der Waals surface area contributed by atoms with Crippen LogP contribution in [-0.2, 0) is 31.9 Å². The average molecular weight is 705 g/mol. The molecule has 0 radical (unpaired) electrons. The van der Waals surface area contributed by atoms with E-state index in [0.717, 1.165) is 42.7 Å². The molecule has 0 aromatic heterocycles. The third-order valence-corrected chi connectivity index (χ3v) is 10.8. The van der Waals surface area contributed by atoms with E-state index in [1.165, 1.54) is 0 Å². The van der Waals surface area contributed by atoms with Crippen LogP contribution in [0.25, 0.3) is 0 Å². The monoisotopic (exact) mass is 704 g/mol. The number of anilines is 1. The molecule has 4 aliphatic rings. The number of fused-ring (bicyclic) bond motifs is 1. The zero-order valence-electron chi connectivity index (χ0n) is 30.1. The minimum Gasteiger partial charge on any atom is -0.507 e. The number of benzene rings is 2. The Labute approximate surface area is 300 Å². The smallest absolute Gasteiger partial charge is 0.410 e. The SMILES string of the molecule is CCOC(=O)CN1CCC(N2CCN(C(=O)[C@@H](Cc3cc(C)c(O)c(C)c3)OC(=O)N3CCC(N4CCc5ccccc5NC4=O)CC3)CC2)C1. The maximum atomic E-state index is 14.1. The lowest BCUT2D eigenvalue weighted by molar-refractivity contribution is -0.144. The van der Waals surface area contributed by atoms with E-state index < -0.39 is 12.2 Å². The van der Waals surface area contributed by atoms with Crippen LogP contribution in [0, 0.1) is 13.8 Å². The number of phenolic OH excluding ortho intramolecular Hbond substituents is 1. The summed E-state index contributed by atoms with van der Waals surface area (Å²) in [6.45, 7) is 11.6. The molecule has 2 aromatic carbocycles. The Balaban J connectivity index is 1.06. The predicted molar refractivity (Wildman–Crippen MR) is 192 cm³/mol. The zero-order chi connectivity index (χ0) is 36.1. The number of carbonyl (C=O) groups excluding carboxylic acids is 4. The fraction of sp³-hybridized carbons (Fsp3) is 0.579. The average Bonchev–Trinajstić information content (AvgIpc) is 3.52. The summed E-state index contributed by atoms with van der Waals surface area (Å²) in [6.07, 6.45) is 1.61. The van der Waals surface area contributed by atoms with Gasteiger partial charge in [-0.25, -0.2) is 9.59 Å². The Bertz CT molecular complexity index is 1560. The number of para-hydroxylation sites is 1. The fourth-order valence-electron chi connectivity index (χ4n) is 8.01. The van der Waals surface area contributed by atoms with E-state index in [9.17, 15) is 24.3 Å². The molecule has 2 aromatic rings. The van der Waals surface area contributed by atoms with E-state index in [2.05, 4.69) is 15.1 Å². The Morgan fingerprint density at radius 2 is 1.59 bits per heavy atom. The van der Waals surface area contributed by atoms with Crippen molar-refractivity contribution in [3.63, 3.8) is 0 Å². The summed E-state index contributed by atoms with van der Waals surface area (Å²) in [4.78, 5) is 62.7. The van der Waals surface area contributed by atoms with Gasteiger partial charge in [0, 0.05) is 83.1 Å². The highest BCUT2D eigenvalue weighted by Crippen LogP contribution is 2.27. The molecule has 0 bridgehead atoms. The van der Waals surface area contributed by atoms with Crippen molar-refractivity contribution in [3.05, 3.63) is 58.7 Å². The molecule has 4 amide bonds. The van der Waals surface area contributed by atoms with Crippen molar-refractivity contribution >= 4 is 29.7 Å². The number of urea groups is 1. The zero-order valence-corrected chi connectivity index (χ0v) is 30.1. The second kappa shape index (κ2) is 16.3. The van der Waals surface area contributed by atoms with Crippen molar-refractivity contribution in [2.45, 2.75) is 71.1 Å². The summed E-state index contributed by atoms with van der Waals surface area (Å²) in [7, 11) is 0. The van der Waals surface area contributed by atoms with E-state index in [1.807, 2.05) is 62.1 Å². The highest BCUT2D eigenvalue weighted by atomic mass is 16.6. The quantitative estimate of drug-likeness (QED) is 0.377. The Morgan fingerprint density at radius 1 is 0.902 bits per heavy atom. The van der Waals surface area contributed by atoms with Crippen LogP contribution in [0.1, 0.15) is 48.4 Å². The van der Waals surface area contributed by atoms with E-state index in [0.29, 0.717) is 89.0 Å². The first-order valence-corrected chi connectivity index (χ1v) is 18.4. The molecule has 13 nitrogen and oxygen atoms in total. The number of aromatic hydroxyl groups is 1. The molecule has 1 unspecified atom stereocenters. The van der Waals surface area contributed by atoms with Crippen LogP contribution in [-0.4, -0.2) is 144 Å². The topological polar surface area (TPSA) is 135 Å². The highest BCUT2D eigenvalue weighted by molar-refractivity contribution is 5.91. The molecule has 2 atom stereocenters. The van der Waals surface area contributed by atoms with Gasteiger partial charge in [-0.15, -0.1) is 0 Å². The minimum absolute atomic E-state index is 0.00265. The summed E-state index contributed by atoms with van der Waals surface area (Å²) in [5, 5.41) is 13.4. The normalized spacial score (nSPS) is 21.1. The molecule has 0 spiro atoms. The third kappa shape index (κ3) is 8.75. The van der Waals surface area contributed by atoms with Crippen molar-refractivity contribution in [3.8, 4) is 5.75 Å². The van der Waals surface area contributed by atoms with Gasteiger partial charge >= 0.3 is 18.1 Å². The van der Waals surface area contributed by atoms with Crippen LogP contribution in [0.3, 0.4) is 0 Å². The minimum atomic E-state index is -1.02. The second-order valence-electron chi connectivity index (χ2n) is 14.2. The number of likely N-dealkylation sites (tertiary alicyclic amines) is 2. The first-order valence-electron chi connectivity index (χ1n) is 18.4. The number of carbonyl (C=O) groups is 4. The molecule has 13 heteroatoms. The third-order valence-electron chi connectivity index (χ3n) is 10.8. The van der Waals surface area contributed by atoms with Gasteiger partial charge < -0.3 is 34.6 Å². The summed E-state index contributed by atoms with van der Waals surface area (Å²) < 4.78 is 11.2. The molecule has 3 fully saturated rings. The van der Waals surface area contributed by atoms with Crippen LogP contribution >= 0.6 is 0 Å². The van der Waals surface area contributed by atoms with Gasteiger partial charge in [0.05, 0.1) is 13.2 Å². The molecule has 4 heterocycles. The number of hydrogen-bond acceptors (Lipinski definition) is 9. The Kier molecular flexibility index (Phi) is 11.7. The summed E-state index contributed by atoms with van der Waals surface area (Å²) >= 11 is 0. The lowest BCUT2D eigenvalue weighted by atomic mass is 10.0. The summed E-state index contributed by atoms with van der Waals surface area (Å²) in [5.74, 6) is -0.210. The van der Waals surface area contributed by atoms with Crippen molar-refractivity contribution in [2.24, 2.45) is 0 Å². The standard InChI is InChI=1S/C38H52N6O7/c1-4-50-34(45)25-40-13-10-31(24-40)41-17-19-42(20-18-41)36(47)33(23-28-21-26(2)35(46)27(3)22-28)51-38(49)43-14-11-30(12-15-43)44-16-9-29-7-5-6-8-32(29)39-37(44)48/h5-8,21-22,30-31,33,46H,4,9-20,23-25H2,1-3H3,(H,39,48)/t31?,33-/m1/s1. The van der Waals surface area contributed by atoms with Gasteiger partial charge in [0.2, 0.25) is 0 Å². The number of phenols is 1. The van der Waals surface area contributed by atoms with E-state index in [-0.39, 0.29) is 36.1 Å². The van der Waals surface area contributed by atoms with Crippen LogP contribution < -0.4 is 5.32 Å². The number of hydrogen-bond donors (Lipinski definition) is 2. The first-order chi connectivity index (χ1) is 24.6. The van der Waals surface area contributed by atoms with E-state index in [4.69, 9.17) is 9.47 Å².